The van der Waals surface area contributed by atoms with Gasteiger partial charge >= 0.3 is 6.18 Å². The van der Waals surface area contributed by atoms with Crippen LogP contribution in [0.2, 0.25) is 0 Å². The fourth-order valence-electron chi connectivity index (χ4n) is 2.60. The lowest BCUT2D eigenvalue weighted by atomic mass is 10.1. The Kier molecular flexibility index (Phi) is 4.58. The average molecular weight is 364 g/mol. The Morgan fingerprint density at radius 2 is 1.81 bits per heavy atom. The van der Waals surface area contributed by atoms with Gasteiger partial charge in [-0.25, -0.2) is 0 Å². The van der Waals surface area contributed by atoms with Crippen molar-refractivity contribution < 1.29 is 27.5 Å². The number of alkyl halides is 3. The number of nitrogens with zero attached hydrogens (tertiary/aromatic N) is 1. The van der Waals surface area contributed by atoms with Crippen LogP contribution in [0.25, 0.3) is 0 Å². The summed E-state index contributed by atoms with van der Waals surface area (Å²) in [5, 5.41) is 2.52. The van der Waals surface area contributed by atoms with Crippen LogP contribution in [0, 0.1) is 0 Å². The number of likely N-dealkylation sites (N-methyl/N-ethyl adjacent to an activating group) is 1. The zero-order valence-electron chi connectivity index (χ0n) is 13.7. The summed E-state index contributed by atoms with van der Waals surface area (Å²) in [6.45, 7) is -0.0998. The first-order chi connectivity index (χ1) is 12.3. The van der Waals surface area contributed by atoms with Gasteiger partial charge in [-0.1, -0.05) is 12.1 Å². The lowest BCUT2D eigenvalue weighted by Gasteiger charge is -2.31. The molecule has 1 aliphatic heterocycles. The number of hydrogen-bond acceptors (Lipinski definition) is 3. The van der Waals surface area contributed by atoms with E-state index in [-0.39, 0.29) is 18.0 Å². The highest BCUT2D eigenvalue weighted by Crippen LogP contribution is 2.32. The second kappa shape index (κ2) is 6.70. The molecule has 0 aromatic heterocycles. The van der Waals surface area contributed by atoms with Gasteiger partial charge in [0.1, 0.15) is 5.75 Å². The molecule has 3 rings (SSSR count). The SMILES string of the molecule is CN1C(=O)C(CNC(=O)c2ccc(C(F)(F)F)cc2)Oc2ccccc21. The Bertz CT molecular complexity index is 834. The van der Waals surface area contributed by atoms with Crippen LogP contribution in [0.3, 0.4) is 0 Å². The van der Waals surface area contributed by atoms with Gasteiger partial charge in [-0.2, -0.15) is 13.2 Å². The van der Waals surface area contributed by atoms with Gasteiger partial charge in [0.25, 0.3) is 11.8 Å². The van der Waals surface area contributed by atoms with E-state index in [2.05, 4.69) is 5.32 Å². The number of carbonyl (C=O) groups is 2. The second-order valence-corrected chi connectivity index (χ2v) is 5.76. The molecule has 0 radical (unpaired) electrons. The minimum atomic E-state index is -4.46. The fraction of sp³-hybridized carbons (Fsp3) is 0.222. The quantitative estimate of drug-likeness (QED) is 0.911. The number of rotatable bonds is 3. The molecule has 1 N–H and O–H groups in total. The number of fused-ring (bicyclic) bond motifs is 1. The molecular weight excluding hydrogens is 349 g/mol. The third kappa shape index (κ3) is 3.49. The molecule has 2 aromatic rings. The van der Waals surface area contributed by atoms with Crippen molar-refractivity contribution in [2.24, 2.45) is 0 Å². The molecule has 0 saturated carbocycles. The minimum Gasteiger partial charge on any atom is -0.477 e. The summed E-state index contributed by atoms with van der Waals surface area (Å²) in [6, 6.07) is 10.8. The second-order valence-electron chi connectivity index (χ2n) is 5.76. The smallest absolute Gasteiger partial charge is 0.416 e. The van der Waals surface area contributed by atoms with Crippen molar-refractivity contribution >= 4 is 17.5 Å². The third-order valence-corrected chi connectivity index (χ3v) is 4.02. The number of benzene rings is 2. The largest absolute Gasteiger partial charge is 0.477 e. The molecule has 0 saturated heterocycles. The first kappa shape index (κ1) is 17.8. The fourth-order valence-corrected chi connectivity index (χ4v) is 2.60. The van der Waals surface area contributed by atoms with E-state index in [0.29, 0.717) is 11.4 Å². The predicted octanol–water partition coefficient (Wildman–Crippen LogP) is 2.86. The van der Waals surface area contributed by atoms with E-state index in [1.165, 1.54) is 4.90 Å². The molecule has 0 aliphatic carbocycles. The van der Waals surface area contributed by atoms with Crippen molar-refractivity contribution in [3.05, 3.63) is 59.7 Å². The van der Waals surface area contributed by atoms with Crippen LogP contribution in [0.4, 0.5) is 18.9 Å². The van der Waals surface area contributed by atoms with Crippen LogP contribution in [-0.4, -0.2) is 31.5 Å². The van der Waals surface area contributed by atoms with Gasteiger partial charge in [-0.05, 0) is 36.4 Å². The monoisotopic (exact) mass is 364 g/mol. The average Bonchev–Trinajstić information content (AvgIpc) is 2.62. The maximum Gasteiger partial charge on any atom is 0.416 e. The summed E-state index contributed by atoms with van der Waals surface area (Å²) in [4.78, 5) is 25.9. The standard InChI is InChI=1S/C18H15F3N2O3/c1-23-13-4-2-3-5-14(13)26-15(17(23)25)10-22-16(24)11-6-8-12(9-7-11)18(19,20)21/h2-9,15H,10H2,1H3,(H,22,24). The molecule has 5 nitrogen and oxygen atoms in total. The van der Waals surface area contributed by atoms with Gasteiger partial charge in [-0.15, -0.1) is 0 Å². The van der Waals surface area contributed by atoms with Crippen molar-refractivity contribution in [2.75, 3.05) is 18.5 Å². The Morgan fingerprint density at radius 3 is 2.46 bits per heavy atom. The van der Waals surface area contributed by atoms with Crippen molar-refractivity contribution in [1.82, 2.24) is 5.32 Å². The summed E-state index contributed by atoms with van der Waals surface area (Å²) in [6.07, 6.45) is -5.37. The van der Waals surface area contributed by atoms with E-state index < -0.39 is 23.8 Å². The number of nitrogens with one attached hydrogen (secondary N) is 1. The van der Waals surface area contributed by atoms with Crippen LogP contribution in [0.15, 0.2) is 48.5 Å². The number of anilines is 1. The minimum absolute atomic E-state index is 0.0648. The molecule has 0 spiro atoms. The molecule has 0 bridgehead atoms. The number of carbonyl (C=O) groups excluding carboxylic acids is 2. The molecule has 8 heteroatoms. The van der Waals surface area contributed by atoms with Gasteiger partial charge < -0.3 is 15.0 Å². The first-order valence-electron chi connectivity index (χ1n) is 7.76. The third-order valence-electron chi connectivity index (χ3n) is 4.02. The van der Waals surface area contributed by atoms with E-state index >= 15 is 0 Å². The van der Waals surface area contributed by atoms with E-state index in [4.69, 9.17) is 4.74 Å². The molecular formula is C18H15F3N2O3. The molecule has 0 fully saturated rings. The van der Waals surface area contributed by atoms with Crippen LogP contribution in [0.1, 0.15) is 15.9 Å². The van der Waals surface area contributed by atoms with E-state index in [1.54, 1.807) is 31.3 Å². The number of halogens is 3. The zero-order chi connectivity index (χ0) is 18.9. The Labute approximate surface area is 147 Å². The van der Waals surface area contributed by atoms with Gasteiger partial charge in [0.05, 0.1) is 17.8 Å². The van der Waals surface area contributed by atoms with Crippen molar-refractivity contribution in [1.29, 1.82) is 0 Å². The predicted molar refractivity (Wildman–Crippen MR) is 88.0 cm³/mol. The van der Waals surface area contributed by atoms with E-state index in [1.807, 2.05) is 0 Å². The van der Waals surface area contributed by atoms with Gasteiger partial charge in [0.15, 0.2) is 6.10 Å². The van der Waals surface area contributed by atoms with Crippen molar-refractivity contribution in [3.63, 3.8) is 0 Å². The lowest BCUT2D eigenvalue weighted by Crippen LogP contribution is -2.49. The van der Waals surface area contributed by atoms with E-state index in [9.17, 15) is 22.8 Å². The maximum atomic E-state index is 12.6. The van der Waals surface area contributed by atoms with Crippen LogP contribution in [-0.2, 0) is 11.0 Å². The molecule has 136 valence electrons. The van der Waals surface area contributed by atoms with Crippen molar-refractivity contribution in [2.45, 2.75) is 12.3 Å². The van der Waals surface area contributed by atoms with Crippen LogP contribution >= 0.6 is 0 Å². The lowest BCUT2D eigenvalue weighted by molar-refractivity contribution is -0.137. The Hall–Kier alpha value is -3.03. The highest BCUT2D eigenvalue weighted by molar-refractivity contribution is 6.00. The molecule has 1 aliphatic rings. The molecule has 1 unspecified atom stereocenters. The topological polar surface area (TPSA) is 58.6 Å². The normalized spacial score (nSPS) is 16.7. The zero-order valence-corrected chi connectivity index (χ0v) is 13.7. The molecule has 26 heavy (non-hydrogen) atoms. The molecule has 1 heterocycles. The number of amides is 2. The van der Waals surface area contributed by atoms with Gasteiger partial charge in [0, 0.05) is 12.6 Å². The summed E-state index contributed by atoms with van der Waals surface area (Å²) in [5.41, 5.74) is -0.143. The Morgan fingerprint density at radius 1 is 1.15 bits per heavy atom. The first-order valence-corrected chi connectivity index (χ1v) is 7.76. The van der Waals surface area contributed by atoms with Crippen LogP contribution < -0.4 is 15.0 Å². The summed E-state index contributed by atoms with van der Waals surface area (Å²) in [7, 11) is 1.61. The number of ether oxygens (including phenoxy) is 1. The number of para-hydroxylation sites is 2. The van der Waals surface area contributed by atoms with Gasteiger partial charge in [-0.3, -0.25) is 9.59 Å². The highest BCUT2D eigenvalue weighted by atomic mass is 19.4. The van der Waals surface area contributed by atoms with E-state index in [0.717, 1.165) is 24.3 Å². The molecule has 1 atom stereocenters. The molecule has 2 aromatic carbocycles. The summed E-state index contributed by atoms with van der Waals surface area (Å²) in [5.74, 6) is -0.392. The molecule has 2 amide bonds. The maximum absolute atomic E-state index is 12.6. The van der Waals surface area contributed by atoms with Crippen molar-refractivity contribution in [3.8, 4) is 5.75 Å². The summed E-state index contributed by atoms with van der Waals surface area (Å²) < 4.78 is 43.3. The summed E-state index contributed by atoms with van der Waals surface area (Å²) >= 11 is 0. The van der Waals surface area contributed by atoms with Gasteiger partial charge in [0.2, 0.25) is 0 Å². The number of hydrogen-bond donors (Lipinski definition) is 1. The van der Waals surface area contributed by atoms with Crippen LogP contribution in [0.5, 0.6) is 5.75 Å². The highest BCUT2D eigenvalue weighted by Gasteiger charge is 2.33. The Balaban J connectivity index is 1.66.